The fourth-order valence-electron chi connectivity index (χ4n) is 1.14. The first-order valence-corrected chi connectivity index (χ1v) is 5.77. The van der Waals surface area contributed by atoms with Gasteiger partial charge in [-0.25, -0.2) is 6.57 Å². The summed E-state index contributed by atoms with van der Waals surface area (Å²) < 4.78 is 4.86. The molecule has 2 N–H and O–H groups in total. The molecule has 1 atom stereocenters. The SMILES string of the molecule is COc1ccsc1.Cl.[C-]#[N+]C(N)C1=CCC=C1. The summed E-state index contributed by atoms with van der Waals surface area (Å²) in [4.78, 5) is 3.18. The summed E-state index contributed by atoms with van der Waals surface area (Å²) in [7, 11) is 1.67. The molecule has 0 saturated heterocycles. The lowest BCUT2D eigenvalue weighted by molar-refractivity contribution is 0.417. The zero-order valence-corrected chi connectivity index (χ0v) is 11.1. The number of halogens is 1. The third-order valence-corrected chi connectivity index (χ3v) is 2.67. The average Bonchev–Trinajstić information content (AvgIpc) is 3.01. The highest BCUT2D eigenvalue weighted by atomic mass is 35.5. The van der Waals surface area contributed by atoms with Crippen LogP contribution in [0.2, 0.25) is 0 Å². The molecule has 3 nitrogen and oxygen atoms in total. The second-order valence-corrected chi connectivity index (χ2v) is 3.86. The quantitative estimate of drug-likeness (QED) is 0.838. The maximum atomic E-state index is 6.60. The number of ether oxygens (including phenoxy) is 1. The van der Waals surface area contributed by atoms with E-state index in [1.165, 1.54) is 0 Å². The van der Waals surface area contributed by atoms with Gasteiger partial charge >= 0.3 is 0 Å². The van der Waals surface area contributed by atoms with Crippen molar-refractivity contribution in [2.24, 2.45) is 5.73 Å². The molecule has 0 saturated carbocycles. The van der Waals surface area contributed by atoms with E-state index in [4.69, 9.17) is 17.0 Å². The van der Waals surface area contributed by atoms with Crippen LogP contribution in [0.15, 0.2) is 40.6 Å². The van der Waals surface area contributed by atoms with Crippen molar-refractivity contribution in [2.45, 2.75) is 12.6 Å². The van der Waals surface area contributed by atoms with Gasteiger partial charge in [-0.2, -0.15) is 0 Å². The van der Waals surface area contributed by atoms with Crippen LogP contribution in [0.4, 0.5) is 0 Å². The van der Waals surface area contributed by atoms with Crippen molar-refractivity contribution >= 4 is 23.7 Å². The molecule has 1 aromatic rings. The first-order chi connectivity index (χ1) is 7.77. The van der Waals surface area contributed by atoms with E-state index < -0.39 is 6.17 Å². The molecular weight excluding hydrogens is 256 g/mol. The summed E-state index contributed by atoms with van der Waals surface area (Å²) in [5.74, 6) is 0.949. The number of hydrogen-bond acceptors (Lipinski definition) is 3. The lowest BCUT2D eigenvalue weighted by Gasteiger charge is -1.93. The van der Waals surface area contributed by atoms with Crippen LogP contribution < -0.4 is 10.5 Å². The summed E-state index contributed by atoms with van der Waals surface area (Å²) in [6.07, 6.45) is 6.37. The second-order valence-electron chi connectivity index (χ2n) is 3.08. The van der Waals surface area contributed by atoms with E-state index in [9.17, 15) is 0 Å². The van der Waals surface area contributed by atoms with Gasteiger partial charge in [-0.1, -0.05) is 18.2 Å². The van der Waals surface area contributed by atoms with Crippen LogP contribution in [0.3, 0.4) is 0 Å². The lowest BCUT2D eigenvalue weighted by atomic mass is 10.2. The topological polar surface area (TPSA) is 39.6 Å². The van der Waals surface area contributed by atoms with Gasteiger partial charge in [-0.3, -0.25) is 10.6 Å². The molecule has 1 aliphatic carbocycles. The van der Waals surface area contributed by atoms with Crippen molar-refractivity contribution in [3.8, 4) is 5.75 Å². The predicted molar refractivity (Wildman–Crippen MR) is 74.5 cm³/mol. The summed E-state index contributed by atoms with van der Waals surface area (Å²) in [5, 5.41) is 3.94. The van der Waals surface area contributed by atoms with Gasteiger partial charge in [0.2, 0.25) is 0 Å². The Balaban J connectivity index is 0.000000292. The van der Waals surface area contributed by atoms with E-state index >= 15 is 0 Å². The number of hydrogen-bond donors (Lipinski definition) is 1. The molecule has 0 radical (unpaired) electrons. The van der Waals surface area contributed by atoms with Gasteiger partial charge in [0.25, 0.3) is 6.17 Å². The largest absolute Gasteiger partial charge is 0.496 e. The standard InChI is InChI=1S/C7H8N2.C5H6OS.ClH/c1-9-7(8)6-4-2-3-5-6;1-6-5-2-3-7-4-5;/h2,4-5,7H,3,8H2;2-4H,1H3;1H. The van der Waals surface area contributed by atoms with Crippen LogP contribution in [0, 0.1) is 6.57 Å². The maximum absolute atomic E-state index is 6.60. The monoisotopic (exact) mass is 270 g/mol. The number of nitrogens with zero attached hydrogens (tertiary/aromatic N) is 1. The lowest BCUT2D eigenvalue weighted by Crippen LogP contribution is -2.15. The minimum atomic E-state index is -0.441. The summed E-state index contributed by atoms with van der Waals surface area (Å²) in [6, 6.07) is 1.94. The third-order valence-electron chi connectivity index (χ3n) is 2.01. The molecule has 5 heteroatoms. The third kappa shape index (κ3) is 5.55. The van der Waals surface area contributed by atoms with Crippen LogP contribution in [-0.4, -0.2) is 13.3 Å². The number of methoxy groups -OCH3 is 1. The average molecular weight is 271 g/mol. The highest BCUT2D eigenvalue weighted by Crippen LogP contribution is 2.13. The zero-order valence-electron chi connectivity index (χ0n) is 9.50. The molecule has 1 aliphatic rings. The molecule has 0 aromatic carbocycles. The van der Waals surface area contributed by atoms with Gasteiger partial charge in [-0.05, 0) is 17.9 Å². The molecule has 0 aliphatic heterocycles. The van der Waals surface area contributed by atoms with Gasteiger partial charge in [0.15, 0.2) is 0 Å². The zero-order chi connectivity index (χ0) is 11.8. The van der Waals surface area contributed by atoms with E-state index in [2.05, 4.69) is 4.85 Å². The van der Waals surface area contributed by atoms with Gasteiger partial charge in [-0.15, -0.1) is 23.7 Å². The molecule has 0 bridgehead atoms. The van der Waals surface area contributed by atoms with E-state index in [1.54, 1.807) is 18.4 Å². The van der Waals surface area contributed by atoms with E-state index in [-0.39, 0.29) is 12.4 Å². The van der Waals surface area contributed by atoms with Gasteiger partial charge < -0.3 is 4.74 Å². The normalized spacial score (nSPS) is 13.6. The van der Waals surface area contributed by atoms with Crippen LogP contribution in [0.5, 0.6) is 5.75 Å². The van der Waals surface area contributed by atoms with Crippen molar-refractivity contribution < 1.29 is 4.74 Å². The van der Waals surface area contributed by atoms with Crippen LogP contribution in [0.25, 0.3) is 4.85 Å². The number of thiophene rings is 1. The summed E-state index contributed by atoms with van der Waals surface area (Å²) in [6.45, 7) is 6.60. The Morgan fingerprint density at radius 3 is 2.71 bits per heavy atom. The minimum absolute atomic E-state index is 0. The molecule has 0 spiro atoms. The minimum Gasteiger partial charge on any atom is -0.496 e. The number of nitrogens with two attached hydrogens (primary N) is 1. The number of rotatable bonds is 2. The van der Waals surface area contributed by atoms with Crippen LogP contribution in [-0.2, 0) is 0 Å². The summed E-state index contributed by atoms with van der Waals surface area (Å²) in [5.41, 5.74) is 6.35. The molecular formula is C12H15ClN2OS. The Labute approximate surface area is 112 Å². The fourth-order valence-corrected chi connectivity index (χ4v) is 1.74. The summed E-state index contributed by atoms with van der Waals surface area (Å²) >= 11 is 1.64. The van der Waals surface area contributed by atoms with Crippen molar-refractivity contribution in [3.05, 3.63) is 52.0 Å². The molecule has 17 heavy (non-hydrogen) atoms. The maximum Gasteiger partial charge on any atom is 0.300 e. The molecule has 2 rings (SSSR count). The van der Waals surface area contributed by atoms with Crippen molar-refractivity contribution in [3.63, 3.8) is 0 Å². The predicted octanol–water partition coefficient (Wildman–Crippen LogP) is 3.26. The first-order valence-electron chi connectivity index (χ1n) is 4.83. The van der Waals surface area contributed by atoms with E-state index in [1.807, 2.05) is 35.1 Å². The van der Waals surface area contributed by atoms with Crippen molar-refractivity contribution in [2.75, 3.05) is 7.11 Å². The van der Waals surface area contributed by atoms with Gasteiger partial charge in [0.1, 0.15) is 5.75 Å². The molecule has 1 unspecified atom stereocenters. The van der Waals surface area contributed by atoms with Crippen molar-refractivity contribution in [1.29, 1.82) is 0 Å². The Hall–Kier alpha value is -1.28. The molecule has 1 heterocycles. The Morgan fingerprint density at radius 1 is 1.59 bits per heavy atom. The Morgan fingerprint density at radius 2 is 2.35 bits per heavy atom. The number of allylic oxidation sites excluding steroid dienone is 2. The second kappa shape index (κ2) is 8.82. The fraction of sp³-hybridized carbons (Fsp3) is 0.250. The van der Waals surface area contributed by atoms with Crippen molar-refractivity contribution in [1.82, 2.24) is 0 Å². The molecule has 0 amide bonds. The van der Waals surface area contributed by atoms with Crippen LogP contribution in [0.1, 0.15) is 6.42 Å². The highest BCUT2D eigenvalue weighted by molar-refractivity contribution is 7.08. The Kier molecular flexibility index (Phi) is 8.16. The molecule has 92 valence electrons. The van der Waals surface area contributed by atoms with E-state index in [0.29, 0.717) is 0 Å². The highest BCUT2D eigenvalue weighted by Gasteiger charge is 2.10. The van der Waals surface area contributed by atoms with Crippen LogP contribution >= 0.6 is 23.7 Å². The Bertz CT molecular complexity index is 407. The first kappa shape index (κ1) is 15.7. The van der Waals surface area contributed by atoms with Gasteiger partial charge in [0, 0.05) is 11.0 Å². The van der Waals surface area contributed by atoms with E-state index in [0.717, 1.165) is 17.7 Å². The van der Waals surface area contributed by atoms with Gasteiger partial charge in [0.05, 0.1) is 7.11 Å². The smallest absolute Gasteiger partial charge is 0.300 e. The molecule has 1 aromatic heterocycles. The molecule has 0 fully saturated rings.